The lowest BCUT2D eigenvalue weighted by Gasteiger charge is -2.37. The van der Waals surface area contributed by atoms with E-state index in [0.717, 1.165) is 105 Å². The highest BCUT2D eigenvalue weighted by Crippen LogP contribution is 2.37. The summed E-state index contributed by atoms with van der Waals surface area (Å²) in [4.78, 5) is 2.29. The summed E-state index contributed by atoms with van der Waals surface area (Å²) in [6.07, 6.45) is 2.78. The molecule has 7 heteroatoms. The van der Waals surface area contributed by atoms with Gasteiger partial charge in [0.1, 0.15) is 11.5 Å². The van der Waals surface area contributed by atoms with Crippen molar-refractivity contribution in [3.63, 3.8) is 0 Å². The van der Waals surface area contributed by atoms with Crippen molar-refractivity contribution >= 4 is 17.1 Å². The second-order valence-electron chi connectivity index (χ2n) is 15.3. The van der Waals surface area contributed by atoms with E-state index < -0.39 is 0 Å². The molecule has 7 nitrogen and oxygen atoms in total. The Hall–Kier alpha value is -4.66. The Morgan fingerprint density at radius 1 is 0.444 bits per heavy atom. The second kappa shape index (κ2) is 18.1. The molecule has 0 bridgehead atoms. The molecule has 0 N–H and O–H groups in total. The molecule has 0 aromatic heterocycles. The van der Waals surface area contributed by atoms with Crippen LogP contribution in [-0.4, -0.2) is 66.1 Å². The highest BCUT2D eigenvalue weighted by atomic mass is 16.5. The molecule has 0 spiro atoms. The van der Waals surface area contributed by atoms with Gasteiger partial charge in [-0.1, -0.05) is 80.6 Å². The molecule has 2 aliphatic heterocycles. The van der Waals surface area contributed by atoms with Crippen LogP contribution in [0, 0.1) is 10.8 Å². The first-order chi connectivity index (χ1) is 26.5. The third kappa shape index (κ3) is 10.1. The van der Waals surface area contributed by atoms with E-state index in [4.69, 9.17) is 28.4 Å². The van der Waals surface area contributed by atoms with Crippen LogP contribution < -0.4 is 14.4 Å². The minimum atomic E-state index is 0.184. The summed E-state index contributed by atoms with van der Waals surface area (Å²) in [7, 11) is 0. The fourth-order valence-corrected chi connectivity index (χ4v) is 6.67. The quantitative estimate of drug-likeness (QED) is 0.0740. The van der Waals surface area contributed by atoms with Gasteiger partial charge in [0.2, 0.25) is 0 Å². The second-order valence-corrected chi connectivity index (χ2v) is 15.3. The fraction of sp³-hybridized carbons (Fsp3) is 0.362. The summed E-state index contributed by atoms with van der Waals surface area (Å²) in [5.74, 6) is 1.73. The van der Waals surface area contributed by atoms with E-state index >= 15 is 0 Å². The normalized spacial score (nSPS) is 15.5. The van der Waals surface area contributed by atoms with E-state index in [1.165, 1.54) is 11.1 Å². The number of rotatable bonds is 20. The van der Waals surface area contributed by atoms with Gasteiger partial charge in [0, 0.05) is 47.5 Å². The lowest BCUT2D eigenvalue weighted by Crippen LogP contribution is -2.43. The third-order valence-electron chi connectivity index (χ3n) is 10.00. The lowest BCUT2D eigenvalue weighted by molar-refractivity contribution is -0.138. The first-order valence-electron chi connectivity index (χ1n) is 19.3. The Balaban J connectivity index is 0.969. The average molecular weight is 728 g/mol. The van der Waals surface area contributed by atoms with Gasteiger partial charge in [0.15, 0.2) is 0 Å². The summed E-state index contributed by atoms with van der Waals surface area (Å²) in [6, 6.07) is 44.7. The monoisotopic (exact) mass is 727 g/mol. The van der Waals surface area contributed by atoms with Crippen molar-refractivity contribution in [1.29, 1.82) is 0 Å². The molecule has 54 heavy (non-hydrogen) atoms. The number of unbranched alkanes of at least 4 members (excludes halogenated alkanes) is 1. The van der Waals surface area contributed by atoms with Crippen LogP contribution in [0.5, 0.6) is 11.5 Å². The molecule has 2 aliphatic rings. The van der Waals surface area contributed by atoms with Crippen LogP contribution in [0.4, 0.5) is 17.1 Å². The lowest BCUT2D eigenvalue weighted by atomic mass is 9.90. The molecule has 5 aromatic carbocycles. The van der Waals surface area contributed by atoms with Gasteiger partial charge < -0.3 is 33.3 Å². The predicted octanol–water partition coefficient (Wildman–Crippen LogP) is 10.5. The van der Waals surface area contributed by atoms with Gasteiger partial charge in [-0.3, -0.25) is 0 Å². The zero-order chi connectivity index (χ0) is 37.1. The van der Waals surface area contributed by atoms with Gasteiger partial charge >= 0.3 is 0 Å². The molecular formula is C47H53NO6. The van der Waals surface area contributed by atoms with Crippen LogP contribution >= 0.6 is 0 Å². The topological polar surface area (TPSA) is 58.6 Å². The van der Waals surface area contributed by atoms with Crippen LogP contribution in [0.2, 0.25) is 0 Å². The Morgan fingerprint density at radius 2 is 0.815 bits per heavy atom. The number of hydrogen-bond donors (Lipinski definition) is 0. The van der Waals surface area contributed by atoms with Crippen molar-refractivity contribution in [3.05, 3.63) is 127 Å². The summed E-state index contributed by atoms with van der Waals surface area (Å²) < 4.78 is 34.4. The molecule has 7 rings (SSSR count). The number of benzene rings is 5. The maximum atomic E-state index is 6.11. The highest BCUT2D eigenvalue weighted by Gasteiger charge is 2.34. The Kier molecular flexibility index (Phi) is 12.6. The number of anilines is 3. The zero-order valence-corrected chi connectivity index (χ0v) is 31.7. The van der Waals surface area contributed by atoms with Crippen LogP contribution in [0.25, 0.3) is 22.3 Å². The molecule has 0 radical (unpaired) electrons. The van der Waals surface area contributed by atoms with Gasteiger partial charge in [-0.25, -0.2) is 0 Å². The van der Waals surface area contributed by atoms with E-state index in [0.29, 0.717) is 19.8 Å². The van der Waals surface area contributed by atoms with Crippen molar-refractivity contribution < 1.29 is 28.4 Å². The number of ether oxygens (including phenoxy) is 6. The third-order valence-corrected chi connectivity index (χ3v) is 10.00. The molecule has 2 saturated heterocycles. The van der Waals surface area contributed by atoms with Crippen molar-refractivity contribution in [2.45, 2.75) is 33.1 Å². The predicted molar refractivity (Wildman–Crippen MR) is 216 cm³/mol. The zero-order valence-electron chi connectivity index (χ0n) is 31.7. The summed E-state index contributed by atoms with van der Waals surface area (Å²) in [5, 5.41) is 0. The Bertz CT molecular complexity index is 1850. The molecule has 0 saturated carbocycles. The van der Waals surface area contributed by atoms with Gasteiger partial charge in [0.25, 0.3) is 0 Å². The van der Waals surface area contributed by atoms with Crippen LogP contribution in [-0.2, 0) is 18.9 Å². The van der Waals surface area contributed by atoms with Crippen LogP contribution in [0.15, 0.2) is 127 Å². The SMILES string of the molecule is CC1(COCCCCOc2ccc(N(c3ccc(-c4ccccc4)cc3)c3ccc(-c4ccc(OCCCOCC5(C)COC5)cc4)cc3)cc2)COC1. The average Bonchev–Trinajstić information content (AvgIpc) is 3.19. The summed E-state index contributed by atoms with van der Waals surface area (Å²) >= 11 is 0. The van der Waals surface area contributed by atoms with E-state index in [-0.39, 0.29) is 10.8 Å². The van der Waals surface area contributed by atoms with Crippen molar-refractivity contribution in [2.75, 3.05) is 71.0 Å². The van der Waals surface area contributed by atoms with E-state index in [2.05, 4.69) is 128 Å². The van der Waals surface area contributed by atoms with Crippen LogP contribution in [0.1, 0.15) is 33.1 Å². The van der Waals surface area contributed by atoms with Gasteiger partial charge in [-0.05, 0) is 95.8 Å². The van der Waals surface area contributed by atoms with Crippen LogP contribution in [0.3, 0.4) is 0 Å². The first-order valence-corrected chi connectivity index (χ1v) is 19.3. The highest BCUT2D eigenvalue weighted by molar-refractivity contribution is 5.80. The Morgan fingerprint density at radius 3 is 1.28 bits per heavy atom. The summed E-state index contributed by atoms with van der Waals surface area (Å²) in [6.45, 7) is 11.8. The van der Waals surface area contributed by atoms with E-state index in [9.17, 15) is 0 Å². The first kappa shape index (κ1) is 37.6. The molecule has 0 atom stereocenters. The standard InChI is InChI=1S/C47H53NO6/c1-46(33-51-34-46)31-49-27-6-7-29-53-45-25-21-43(22-26-45)48(41-17-11-38(12-18-41)37-9-4-3-5-10-37)42-19-13-39(14-20-42)40-15-23-44(24-16-40)54-30-8-28-50-32-47(2)35-52-36-47/h3-5,9-26H,6-8,27-36H2,1-2H3. The maximum absolute atomic E-state index is 6.11. The van der Waals surface area contributed by atoms with Gasteiger partial charge in [0.05, 0.1) is 52.9 Å². The smallest absolute Gasteiger partial charge is 0.119 e. The van der Waals surface area contributed by atoms with Crippen molar-refractivity contribution in [1.82, 2.24) is 0 Å². The minimum absolute atomic E-state index is 0.184. The maximum Gasteiger partial charge on any atom is 0.119 e. The fourth-order valence-electron chi connectivity index (χ4n) is 6.67. The minimum Gasteiger partial charge on any atom is -0.494 e. The molecule has 0 aliphatic carbocycles. The van der Waals surface area contributed by atoms with E-state index in [1.54, 1.807) is 0 Å². The largest absolute Gasteiger partial charge is 0.494 e. The summed E-state index contributed by atoms with van der Waals surface area (Å²) in [5.41, 5.74) is 8.26. The molecule has 0 amide bonds. The molecule has 282 valence electrons. The Labute approximate surface area is 320 Å². The molecule has 5 aromatic rings. The number of nitrogens with zero attached hydrogens (tertiary/aromatic N) is 1. The van der Waals surface area contributed by atoms with E-state index in [1.807, 2.05) is 18.2 Å². The molecule has 0 unspecified atom stereocenters. The molecule has 2 fully saturated rings. The van der Waals surface area contributed by atoms with Crippen molar-refractivity contribution in [2.24, 2.45) is 10.8 Å². The molecular weight excluding hydrogens is 675 g/mol. The van der Waals surface area contributed by atoms with Gasteiger partial charge in [-0.15, -0.1) is 0 Å². The number of hydrogen-bond acceptors (Lipinski definition) is 7. The van der Waals surface area contributed by atoms with Crippen molar-refractivity contribution in [3.8, 4) is 33.8 Å². The molecule has 2 heterocycles. The van der Waals surface area contributed by atoms with Gasteiger partial charge in [-0.2, -0.15) is 0 Å².